The molecule has 2 rings (SSSR count). The van der Waals surface area contributed by atoms with Crippen molar-refractivity contribution in [3.05, 3.63) is 40.1 Å². The maximum absolute atomic E-state index is 12.0. The predicted molar refractivity (Wildman–Crippen MR) is 62.0 cm³/mol. The maximum Gasteiger partial charge on any atom is 0.328 e. The fourth-order valence-corrected chi connectivity index (χ4v) is 1.92. The van der Waals surface area contributed by atoms with Crippen LogP contribution in [0.1, 0.15) is 28.7 Å². The quantitative estimate of drug-likeness (QED) is 0.462. The summed E-state index contributed by atoms with van der Waals surface area (Å²) >= 11 is 0. The zero-order chi connectivity index (χ0) is 12.7. The largest absolute Gasteiger partial charge is 0.428 e. The van der Waals surface area contributed by atoms with E-state index in [1.165, 1.54) is 13.8 Å². The molecule has 1 N–H and O–H groups in total. The molecule has 1 aromatic carbocycles. The number of fused-ring (bicyclic) bond motifs is 1. The van der Waals surface area contributed by atoms with Crippen LogP contribution in [0.5, 0.6) is 0 Å². The highest BCUT2D eigenvalue weighted by molar-refractivity contribution is 5.92. The van der Waals surface area contributed by atoms with Gasteiger partial charge < -0.3 is 5.21 Å². The number of hydrogen-bond donors (Lipinski definition) is 1. The second-order valence-electron chi connectivity index (χ2n) is 4.09. The van der Waals surface area contributed by atoms with Crippen LogP contribution in [0.25, 0.3) is 11.0 Å². The monoisotopic (exact) mass is 233 g/mol. The Morgan fingerprint density at radius 2 is 2.00 bits per heavy atom. The molecule has 1 aromatic heterocycles. The van der Waals surface area contributed by atoms with Crippen LogP contribution in [0.4, 0.5) is 0 Å². The van der Waals surface area contributed by atoms with Crippen LogP contribution in [-0.4, -0.2) is 15.7 Å². The Balaban J connectivity index is 3.05. The fraction of sp³-hybridized carbons (Fsp3) is 0.250. The summed E-state index contributed by atoms with van der Waals surface area (Å²) in [5, 5.41) is 9.95. The van der Waals surface area contributed by atoms with Gasteiger partial charge in [-0.2, -0.15) is 4.73 Å². The standard InChI is InChI=1S/C12H13N2O3/c1-7-4-5-10-11(6-7)13(16)8(2)12(9(3)15)14(10)17/h4-6,16H,1-3H3/q+1. The average molecular weight is 233 g/mol. The number of carbonyl (C=O) groups is 1. The molecule has 0 saturated heterocycles. The first-order chi connectivity index (χ1) is 7.93. The van der Waals surface area contributed by atoms with Gasteiger partial charge in [0, 0.05) is 17.9 Å². The molecule has 0 aliphatic heterocycles. The van der Waals surface area contributed by atoms with Gasteiger partial charge in [-0.1, -0.05) is 6.07 Å². The lowest BCUT2D eigenvalue weighted by molar-refractivity contribution is -0.468. The first kappa shape index (κ1) is 11.3. The van der Waals surface area contributed by atoms with Crippen molar-refractivity contribution in [3.63, 3.8) is 0 Å². The summed E-state index contributed by atoms with van der Waals surface area (Å²) < 4.78 is 1.45. The minimum Gasteiger partial charge on any atom is -0.428 e. The average Bonchev–Trinajstić information content (AvgIpc) is 2.25. The molecule has 2 aromatic rings. The maximum atomic E-state index is 12.0. The van der Waals surface area contributed by atoms with Crippen LogP contribution in [-0.2, 0) is 0 Å². The highest BCUT2D eigenvalue weighted by Gasteiger charge is 2.25. The van der Waals surface area contributed by atoms with Gasteiger partial charge in [0.1, 0.15) is 5.69 Å². The van der Waals surface area contributed by atoms with Gasteiger partial charge >= 0.3 is 5.69 Å². The Bertz CT molecular complexity index is 686. The number of nitrogens with zero attached hydrogens (tertiary/aromatic N) is 2. The van der Waals surface area contributed by atoms with Crippen LogP contribution in [0.3, 0.4) is 0 Å². The van der Waals surface area contributed by atoms with Crippen molar-refractivity contribution in [2.24, 2.45) is 0 Å². The van der Waals surface area contributed by atoms with Crippen LogP contribution < -0.4 is 4.43 Å². The molecular formula is C12H13N2O3+. The molecular weight excluding hydrogens is 220 g/mol. The lowest BCUT2D eigenvalue weighted by atomic mass is 10.2. The number of ketones is 1. The summed E-state index contributed by atoms with van der Waals surface area (Å²) in [6.45, 7) is 4.70. The fourth-order valence-electron chi connectivity index (χ4n) is 1.92. The van der Waals surface area contributed by atoms with Gasteiger partial charge in [-0.05, 0) is 25.5 Å². The second-order valence-corrected chi connectivity index (χ2v) is 4.09. The molecule has 5 heteroatoms. The van der Waals surface area contributed by atoms with Crippen molar-refractivity contribution < 1.29 is 14.4 Å². The van der Waals surface area contributed by atoms with E-state index in [4.69, 9.17) is 0 Å². The van der Waals surface area contributed by atoms with Gasteiger partial charge in [-0.15, -0.1) is 0 Å². The molecule has 17 heavy (non-hydrogen) atoms. The Morgan fingerprint density at radius 3 is 2.59 bits per heavy atom. The van der Waals surface area contributed by atoms with Crippen LogP contribution in [0.2, 0.25) is 0 Å². The number of benzene rings is 1. The van der Waals surface area contributed by atoms with E-state index in [1.807, 2.05) is 6.92 Å². The molecule has 0 aliphatic carbocycles. The number of Topliss-reactive ketones (excluding diaryl/α,β-unsaturated/α-hetero) is 1. The van der Waals surface area contributed by atoms with Crippen molar-refractivity contribution in [2.45, 2.75) is 20.8 Å². The molecule has 0 atom stereocenters. The Labute approximate surface area is 97.5 Å². The highest BCUT2D eigenvalue weighted by Crippen LogP contribution is 2.15. The van der Waals surface area contributed by atoms with Crippen LogP contribution >= 0.6 is 0 Å². The van der Waals surface area contributed by atoms with E-state index in [-0.39, 0.29) is 22.7 Å². The molecule has 0 spiro atoms. The van der Waals surface area contributed by atoms with E-state index in [0.717, 1.165) is 10.3 Å². The summed E-state index contributed by atoms with van der Waals surface area (Å²) in [6, 6.07) is 5.05. The molecule has 0 unspecified atom stereocenters. The molecule has 0 amide bonds. The van der Waals surface area contributed by atoms with Gasteiger partial charge in [0.05, 0.1) is 4.43 Å². The molecule has 88 valence electrons. The Morgan fingerprint density at radius 1 is 1.35 bits per heavy atom. The molecule has 1 heterocycles. The lowest BCUT2D eigenvalue weighted by Crippen LogP contribution is -2.29. The summed E-state index contributed by atoms with van der Waals surface area (Å²) in [5.41, 5.74) is 1.79. The summed E-state index contributed by atoms with van der Waals surface area (Å²) in [6.07, 6.45) is 0. The van der Waals surface area contributed by atoms with Crippen molar-refractivity contribution in [1.29, 1.82) is 0 Å². The topological polar surface area (TPSA) is 65.2 Å². The summed E-state index contributed by atoms with van der Waals surface area (Å²) in [5.74, 6) is -0.372. The van der Waals surface area contributed by atoms with Gasteiger partial charge in [0.15, 0.2) is 5.52 Å². The van der Waals surface area contributed by atoms with Crippen molar-refractivity contribution in [2.75, 3.05) is 0 Å². The molecule has 0 radical (unpaired) electrons. The lowest BCUT2D eigenvalue weighted by Gasteiger charge is -2.05. The summed E-state index contributed by atoms with van der Waals surface area (Å²) in [7, 11) is 0. The Kier molecular flexibility index (Phi) is 2.46. The van der Waals surface area contributed by atoms with E-state index < -0.39 is 0 Å². The van der Waals surface area contributed by atoms with Crippen molar-refractivity contribution in [3.8, 4) is 0 Å². The summed E-state index contributed by atoms with van der Waals surface area (Å²) in [4.78, 5) is 23.4. The molecule has 0 bridgehead atoms. The Hall–Kier alpha value is -2.17. The third-order valence-corrected chi connectivity index (χ3v) is 2.77. The van der Waals surface area contributed by atoms with Crippen LogP contribution in [0.15, 0.2) is 18.2 Å². The first-order valence-corrected chi connectivity index (χ1v) is 5.22. The van der Waals surface area contributed by atoms with Crippen molar-refractivity contribution in [1.82, 2.24) is 4.73 Å². The smallest absolute Gasteiger partial charge is 0.328 e. The van der Waals surface area contributed by atoms with E-state index in [9.17, 15) is 14.9 Å². The SMILES string of the molecule is CC(=O)c1c(C)n(O)c2cc(C)ccc2[n+]1=O. The van der Waals surface area contributed by atoms with Gasteiger partial charge in [-0.25, -0.2) is 0 Å². The first-order valence-electron chi connectivity index (χ1n) is 5.22. The van der Waals surface area contributed by atoms with Gasteiger partial charge in [-0.3, -0.25) is 4.79 Å². The third kappa shape index (κ3) is 1.60. The van der Waals surface area contributed by atoms with E-state index in [1.54, 1.807) is 18.2 Å². The second kappa shape index (κ2) is 3.69. The zero-order valence-corrected chi connectivity index (χ0v) is 9.89. The van der Waals surface area contributed by atoms with E-state index >= 15 is 0 Å². The minimum atomic E-state index is -0.372. The minimum absolute atomic E-state index is 0.0381. The highest BCUT2D eigenvalue weighted by atomic mass is 16.5. The molecule has 0 fully saturated rings. The van der Waals surface area contributed by atoms with E-state index in [0.29, 0.717) is 9.94 Å². The van der Waals surface area contributed by atoms with Gasteiger partial charge in [0.25, 0.3) is 5.52 Å². The predicted octanol–water partition coefficient (Wildman–Crippen LogP) is 1.61. The molecule has 0 saturated carbocycles. The molecule has 0 aliphatic rings. The van der Waals surface area contributed by atoms with E-state index in [2.05, 4.69) is 0 Å². The van der Waals surface area contributed by atoms with Crippen molar-refractivity contribution >= 4 is 16.8 Å². The van der Waals surface area contributed by atoms with Gasteiger partial charge in [0.2, 0.25) is 5.78 Å². The number of rotatable bonds is 1. The number of aryl methyl sites for hydroxylation is 1. The third-order valence-electron chi connectivity index (χ3n) is 2.77. The zero-order valence-electron chi connectivity index (χ0n) is 9.89. The number of carbonyl (C=O) groups excluding carboxylic acids is 1. The number of hydrogen-bond acceptors (Lipinski definition) is 3. The molecule has 5 nitrogen and oxygen atoms in total. The number of aromatic nitrogens is 2. The van der Waals surface area contributed by atoms with Crippen LogP contribution in [0, 0.1) is 18.8 Å². The normalized spacial score (nSPS) is 10.8.